The van der Waals surface area contributed by atoms with Crippen molar-refractivity contribution in [3.8, 4) is 5.75 Å². The first kappa shape index (κ1) is 15.3. The van der Waals surface area contributed by atoms with E-state index in [4.69, 9.17) is 4.74 Å². The molecule has 0 aliphatic rings. The Morgan fingerprint density at radius 1 is 1.21 bits per heavy atom. The van der Waals surface area contributed by atoms with Crippen LogP contribution < -0.4 is 15.4 Å². The van der Waals surface area contributed by atoms with Crippen LogP contribution in [0, 0.1) is 5.92 Å². The average molecular weight is 264 g/mol. The molecule has 1 atom stereocenters. The van der Waals surface area contributed by atoms with Crippen molar-refractivity contribution in [1.29, 1.82) is 0 Å². The van der Waals surface area contributed by atoms with E-state index in [-0.39, 0.29) is 12.1 Å². The van der Waals surface area contributed by atoms with Crippen LogP contribution in [0.25, 0.3) is 0 Å². The monoisotopic (exact) mass is 264 g/mol. The van der Waals surface area contributed by atoms with E-state index in [9.17, 15) is 4.79 Å². The van der Waals surface area contributed by atoms with Crippen LogP contribution in [-0.4, -0.2) is 25.2 Å². The molecule has 0 heterocycles. The lowest BCUT2D eigenvalue weighted by Gasteiger charge is -2.17. The Hall–Kier alpha value is -1.71. The van der Waals surface area contributed by atoms with Crippen molar-refractivity contribution in [3.63, 3.8) is 0 Å². The molecule has 2 amide bonds. The van der Waals surface area contributed by atoms with Crippen LogP contribution in [0.4, 0.5) is 4.79 Å². The summed E-state index contributed by atoms with van der Waals surface area (Å²) in [4.78, 5) is 11.5. The molecule has 2 N–H and O–H groups in total. The number of urea groups is 1. The number of carbonyl (C=O) groups excluding carboxylic acids is 1. The van der Waals surface area contributed by atoms with E-state index in [2.05, 4.69) is 24.5 Å². The van der Waals surface area contributed by atoms with Crippen molar-refractivity contribution in [2.75, 3.05) is 13.2 Å². The number of hydrogen-bond acceptors (Lipinski definition) is 2. The van der Waals surface area contributed by atoms with Gasteiger partial charge in [0.2, 0.25) is 0 Å². The molecular formula is C15H24N2O2. The van der Waals surface area contributed by atoms with Crippen LogP contribution in [0.3, 0.4) is 0 Å². The maximum atomic E-state index is 11.5. The lowest BCUT2D eigenvalue weighted by atomic mass is 10.1. The van der Waals surface area contributed by atoms with E-state index in [1.165, 1.54) is 0 Å². The van der Waals surface area contributed by atoms with E-state index >= 15 is 0 Å². The van der Waals surface area contributed by atoms with Crippen molar-refractivity contribution >= 4 is 6.03 Å². The fourth-order valence-corrected chi connectivity index (χ4v) is 1.41. The molecule has 1 unspecified atom stereocenters. The first-order valence-electron chi connectivity index (χ1n) is 6.82. The van der Waals surface area contributed by atoms with Gasteiger partial charge in [-0.1, -0.05) is 32.0 Å². The highest BCUT2D eigenvalue weighted by molar-refractivity contribution is 5.74. The van der Waals surface area contributed by atoms with E-state index in [0.29, 0.717) is 19.1 Å². The standard InChI is InChI=1S/C15H24N2O2/c1-12(2)13(3)17-15(18)16-10-7-11-19-14-8-5-4-6-9-14/h4-6,8-9,12-13H,7,10-11H2,1-3H3,(H2,16,17,18). The smallest absolute Gasteiger partial charge is 0.315 e. The summed E-state index contributed by atoms with van der Waals surface area (Å²) in [6, 6.07) is 9.74. The highest BCUT2D eigenvalue weighted by Gasteiger charge is 2.09. The quantitative estimate of drug-likeness (QED) is 0.744. The molecule has 0 fully saturated rings. The number of hydrogen-bond donors (Lipinski definition) is 2. The summed E-state index contributed by atoms with van der Waals surface area (Å²) in [7, 11) is 0. The molecule has 1 aromatic carbocycles. The van der Waals surface area contributed by atoms with Crippen LogP contribution in [0.15, 0.2) is 30.3 Å². The molecular weight excluding hydrogens is 240 g/mol. The fourth-order valence-electron chi connectivity index (χ4n) is 1.41. The Balaban J connectivity index is 2.06. The van der Waals surface area contributed by atoms with Crippen molar-refractivity contribution in [2.45, 2.75) is 33.2 Å². The summed E-state index contributed by atoms with van der Waals surface area (Å²) >= 11 is 0. The second-order valence-corrected chi connectivity index (χ2v) is 4.95. The molecule has 4 nitrogen and oxygen atoms in total. The molecule has 1 rings (SSSR count). The topological polar surface area (TPSA) is 50.4 Å². The second kappa shape index (κ2) is 8.40. The van der Waals surface area contributed by atoms with Gasteiger partial charge < -0.3 is 15.4 Å². The molecule has 0 aliphatic heterocycles. The van der Waals surface area contributed by atoms with Gasteiger partial charge in [0.05, 0.1) is 6.61 Å². The van der Waals surface area contributed by atoms with Gasteiger partial charge in [-0.15, -0.1) is 0 Å². The average Bonchev–Trinajstić information content (AvgIpc) is 2.39. The van der Waals surface area contributed by atoms with Gasteiger partial charge in [-0.2, -0.15) is 0 Å². The molecule has 0 aromatic heterocycles. The number of amides is 2. The summed E-state index contributed by atoms with van der Waals surface area (Å²) in [5.41, 5.74) is 0. The first-order chi connectivity index (χ1) is 9.09. The Kier molecular flexibility index (Phi) is 6.79. The van der Waals surface area contributed by atoms with Gasteiger partial charge in [0.25, 0.3) is 0 Å². The minimum atomic E-state index is -0.110. The zero-order valence-electron chi connectivity index (χ0n) is 12.0. The van der Waals surface area contributed by atoms with E-state index in [1.807, 2.05) is 37.3 Å². The number of nitrogens with one attached hydrogen (secondary N) is 2. The van der Waals surface area contributed by atoms with Crippen LogP contribution in [0.1, 0.15) is 27.2 Å². The summed E-state index contributed by atoms with van der Waals surface area (Å²) in [5, 5.41) is 5.72. The van der Waals surface area contributed by atoms with Crippen LogP contribution in [-0.2, 0) is 0 Å². The van der Waals surface area contributed by atoms with Gasteiger partial charge in [0.1, 0.15) is 5.75 Å². The molecule has 0 saturated heterocycles. The predicted molar refractivity (Wildman–Crippen MR) is 77.4 cm³/mol. The lowest BCUT2D eigenvalue weighted by molar-refractivity contribution is 0.233. The largest absolute Gasteiger partial charge is 0.494 e. The summed E-state index contributed by atoms with van der Waals surface area (Å²) in [6.45, 7) is 7.38. The van der Waals surface area contributed by atoms with Crippen molar-refractivity contribution < 1.29 is 9.53 Å². The maximum absolute atomic E-state index is 11.5. The number of ether oxygens (including phenoxy) is 1. The lowest BCUT2D eigenvalue weighted by Crippen LogP contribution is -2.43. The number of benzene rings is 1. The summed E-state index contributed by atoms with van der Waals surface area (Å²) < 4.78 is 5.54. The maximum Gasteiger partial charge on any atom is 0.315 e. The highest BCUT2D eigenvalue weighted by Crippen LogP contribution is 2.08. The highest BCUT2D eigenvalue weighted by atomic mass is 16.5. The van der Waals surface area contributed by atoms with E-state index < -0.39 is 0 Å². The predicted octanol–water partition coefficient (Wildman–Crippen LogP) is 2.80. The molecule has 0 bridgehead atoms. The third-order valence-electron chi connectivity index (χ3n) is 2.98. The van der Waals surface area contributed by atoms with Gasteiger partial charge in [-0.05, 0) is 31.4 Å². The molecule has 1 aromatic rings. The van der Waals surface area contributed by atoms with Crippen molar-refractivity contribution in [2.24, 2.45) is 5.92 Å². The third kappa shape index (κ3) is 6.70. The number of rotatable bonds is 7. The summed E-state index contributed by atoms with van der Waals surface area (Å²) in [5.74, 6) is 1.30. The van der Waals surface area contributed by atoms with Crippen LogP contribution >= 0.6 is 0 Å². The Bertz CT molecular complexity index is 366. The molecule has 0 saturated carbocycles. The van der Waals surface area contributed by atoms with E-state index in [1.54, 1.807) is 0 Å². The van der Waals surface area contributed by atoms with Crippen molar-refractivity contribution in [3.05, 3.63) is 30.3 Å². The first-order valence-corrected chi connectivity index (χ1v) is 6.82. The van der Waals surface area contributed by atoms with Gasteiger partial charge in [0, 0.05) is 12.6 Å². The Morgan fingerprint density at radius 2 is 1.89 bits per heavy atom. The normalized spacial score (nSPS) is 12.0. The molecule has 0 aliphatic carbocycles. The summed E-state index contributed by atoms with van der Waals surface area (Å²) in [6.07, 6.45) is 0.790. The number of para-hydroxylation sites is 1. The van der Waals surface area contributed by atoms with Gasteiger partial charge >= 0.3 is 6.03 Å². The molecule has 0 spiro atoms. The van der Waals surface area contributed by atoms with Crippen LogP contribution in [0.2, 0.25) is 0 Å². The molecule has 19 heavy (non-hydrogen) atoms. The zero-order chi connectivity index (χ0) is 14.1. The molecule has 4 heteroatoms. The zero-order valence-corrected chi connectivity index (χ0v) is 12.0. The van der Waals surface area contributed by atoms with Crippen LogP contribution in [0.5, 0.6) is 5.75 Å². The third-order valence-corrected chi connectivity index (χ3v) is 2.98. The second-order valence-electron chi connectivity index (χ2n) is 4.95. The minimum Gasteiger partial charge on any atom is -0.494 e. The van der Waals surface area contributed by atoms with Crippen molar-refractivity contribution in [1.82, 2.24) is 10.6 Å². The van der Waals surface area contributed by atoms with E-state index in [0.717, 1.165) is 12.2 Å². The van der Waals surface area contributed by atoms with Gasteiger partial charge in [0.15, 0.2) is 0 Å². The molecule has 0 radical (unpaired) electrons. The minimum absolute atomic E-state index is 0.110. The Labute approximate surface area is 115 Å². The number of carbonyl (C=O) groups is 1. The van der Waals surface area contributed by atoms with Gasteiger partial charge in [-0.25, -0.2) is 4.79 Å². The van der Waals surface area contributed by atoms with Gasteiger partial charge in [-0.3, -0.25) is 0 Å². The molecule has 106 valence electrons. The SMILES string of the molecule is CC(C)C(C)NC(=O)NCCCOc1ccccc1. The fraction of sp³-hybridized carbons (Fsp3) is 0.533. The Morgan fingerprint density at radius 3 is 2.53 bits per heavy atom.